The molecular weight excluding hydrogens is 292 g/mol. The van der Waals surface area contributed by atoms with Crippen LogP contribution in [0.15, 0.2) is 6.07 Å². The van der Waals surface area contributed by atoms with Gasteiger partial charge in [-0.25, -0.2) is 8.78 Å². The molecule has 106 valence electrons. The fourth-order valence-corrected chi connectivity index (χ4v) is 3.54. The molecule has 1 aliphatic heterocycles. The predicted octanol–water partition coefficient (Wildman–Crippen LogP) is 4.01. The molecule has 1 aliphatic rings. The Morgan fingerprint density at radius 3 is 2.84 bits per heavy atom. The van der Waals surface area contributed by atoms with E-state index in [0.29, 0.717) is 35.8 Å². The lowest BCUT2D eigenvalue weighted by Gasteiger charge is -2.14. The van der Waals surface area contributed by atoms with Crippen LogP contribution in [0, 0.1) is 6.92 Å². The van der Waals surface area contributed by atoms with E-state index in [1.54, 1.807) is 11.0 Å². The van der Waals surface area contributed by atoms with Crippen molar-refractivity contribution in [3.8, 4) is 0 Å². The standard InChI is InChI=1S/C13H16ClF2NOS/c1-9-7-10(12(14)19-9)11(18)3-2-5-17-6-4-13(15,16)8-17/h7H,2-6,8H2,1H3. The van der Waals surface area contributed by atoms with Gasteiger partial charge in [-0.15, -0.1) is 11.3 Å². The number of likely N-dealkylation sites (tertiary alicyclic amines) is 1. The number of hydrogen-bond donors (Lipinski definition) is 0. The van der Waals surface area contributed by atoms with Gasteiger partial charge in [0.2, 0.25) is 0 Å². The number of thiophene rings is 1. The number of halogens is 3. The number of nitrogens with zero attached hydrogens (tertiary/aromatic N) is 1. The molecule has 19 heavy (non-hydrogen) atoms. The molecule has 0 aliphatic carbocycles. The molecule has 0 saturated carbocycles. The molecule has 2 rings (SSSR count). The van der Waals surface area contributed by atoms with E-state index in [4.69, 9.17) is 11.6 Å². The molecule has 2 nitrogen and oxygen atoms in total. The maximum atomic E-state index is 13.0. The highest BCUT2D eigenvalue weighted by Gasteiger charge is 2.37. The zero-order chi connectivity index (χ0) is 14.0. The van der Waals surface area contributed by atoms with E-state index in [0.717, 1.165) is 4.88 Å². The van der Waals surface area contributed by atoms with Crippen molar-refractivity contribution in [2.24, 2.45) is 0 Å². The van der Waals surface area contributed by atoms with Gasteiger partial charge in [0.15, 0.2) is 5.78 Å². The Balaban J connectivity index is 1.77. The quantitative estimate of drug-likeness (QED) is 0.766. The summed E-state index contributed by atoms with van der Waals surface area (Å²) in [6.07, 6.45) is 0.884. The summed E-state index contributed by atoms with van der Waals surface area (Å²) in [5, 5.41) is 0. The Kier molecular flexibility index (Phi) is 4.58. The number of carbonyl (C=O) groups excluding carboxylic acids is 1. The van der Waals surface area contributed by atoms with E-state index in [1.165, 1.54) is 11.3 Å². The molecule has 0 radical (unpaired) electrons. The summed E-state index contributed by atoms with van der Waals surface area (Å²) in [5.41, 5.74) is 0.566. The smallest absolute Gasteiger partial charge is 0.261 e. The van der Waals surface area contributed by atoms with Crippen molar-refractivity contribution < 1.29 is 13.6 Å². The van der Waals surface area contributed by atoms with Crippen molar-refractivity contribution in [2.45, 2.75) is 32.1 Å². The Morgan fingerprint density at radius 2 is 2.32 bits per heavy atom. The van der Waals surface area contributed by atoms with Crippen LogP contribution in [0.4, 0.5) is 8.78 Å². The van der Waals surface area contributed by atoms with Crippen LogP contribution in [-0.4, -0.2) is 36.2 Å². The predicted molar refractivity (Wildman–Crippen MR) is 73.6 cm³/mol. The van der Waals surface area contributed by atoms with Gasteiger partial charge in [0, 0.05) is 29.8 Å². The number of aryl methyl sites for hydroxylation is 1. The average molecular weight is 308 g/mol. The van der Waals surface area contributed by atoms with Gasteiger partial charge < -0.3 is 0 Å². The average Bonchev–Trinajstić information content (AvgIpc) is 2.81. The fraction of sp³-hybridized carbons (Fsp3) is 0.615. The van der Waals surface area contributed by atoms with Crippen molar-refractivity contribution in [3.05, 3.63) is 20.8 Å². The zero-order valence-electron chi connectivity index (χ0n) is 10.7. The van der Waals surface area contributed by atoms with Gasteiger partial charge in [-0.05, 0) is 26.0 Å². The van der Waals surface area contributed by atoms with E-state index < -0.39 is 5.92 Å². The van der Waals surface area contributed by atoms with Gasteiger partial charge in [-0.2, -0.15) is 0 Å². The SMILES string of the molecule is Cc1cc(C(=O)CCCN2CCC(F)(F)C2)c(Cl)s1. The van der Waals surface area contributed by atoms with Crippen LogP contribution in [0.2, 0.25) is 4.34 Å². The molecule has 0 aromatic carbocycles. The summed E-state index contributed by atoms with van der Waals surface area (Å²) in [6.45, 7) is 2.68. The first-order valence-corrected chi connectivity index (χ1v) is 7.46. The minimum atomic E-state index is -2.56. The van der Waals surface area contributed by atoms with Crippen LogP contribution >= 0.6 is 22.9 Å². The van der Waals surface area contributed by atoms with Gasteiger partial charge in [0.1, 0.15) is 4.34 Å². The molecule has 1 aromatic heterocycles. The highest BCUT2D eigenvalue weighted by Crippen LogP contribution is 2.29. The maximum absolute atomic E-state index is 13.0. The van der Waals surface area contributed by atoms with E-state index in [1.807, 2.05) is 6.92 Å². The monoisotopic (exact) mass is 307 g/mol. The van der Waals surface area contributed by atoms with Crippen LogP contribution in [0.1, 0.15) is 34.5 Å². The minimum Gasteiger partial charge on any atom is -0.297 e. The van der Waals surface area contributed by atoms with Crippen molar-refractivity contribution in [1.29, 1.82) is 0 Å². The molecule has 1 saturated heterocycles. The second-order valence-electron chi connectivity index (χ2n) is 4.95. The molecule has 0 bridgehead atoms. The summed E-state index contributed by atoms with van der Waals surface area (Å²) in [6, 6.07) is 1.79. The first-order valence-electron chi connectivity index (χ1n) is 6.27. The third-order valence-corrected chi connectivity index (χ3v) is 4.51. The highest BCUT2D eigenvalue weighted by atomic mass is 35.5. The number of hydrogen-bond acceptors (Lipinski definition) is 3. The molecule has 2 heterocycles. The first kappa shape index (κ1) is 14.9. The van der Waals surface area contributed by atoms with Gasteiger partial charge in [-0.3, -0.25) is 9.69 Å². The Labute approximate surface area is 120 Å². The summed E-state index contributed by atoms with van der Waals surface area (Å²) in [4.78, 5) is 14.7. The maximum Gasteiger partial charge on any atom is 0.261 e. The normalized spacial score (nSPS) is 18.9. The first-order chi connectivity index (χ1) is 8.87. The second kappa shape index (κ2) is 5.85. The molecular formula is C13H16ClF2NOS. The lowest BCUT2D eigenvalue weighted by atomic mass is 10.1. The lowest BCUT2D eigenvalue weighted by Crippen LogP contribution is -2.26. The third-order valence-electron chi connectivity index (χ3n) is 3.24. The van der Waals surface area contributed by atoms with Crippen molar-refractivity contribution in [3.63, 3.8) is 0 Å². The van der Waals surface area contributed by atoms with Crippen molar-refractivity contribution in [2.75, 3.05) is 19.6 Å². The Hall–Kier alpha value is -0.520. The van der Waals surface area contributed by atoms with Crippen LogP contribution in [-0.2, 0) is 0 Å². The van der Waals surface area contributed by atoms with Crippen LogP contribution in [0.3, 0.4) is 0 Å². The van der Waals surface area contributed by atoms with Crippen molar-refractivity contribution in [1.82, 2.24) is 4.90 Å². The molecule has 6 heteroatoms. The van der Waals surface area contributed by atoms with Gasteiger partial charge in [-0.1, -0.05) is 11.6 Å². The molecule has 0 unspecified atom stereocenters. The Bertz CT molecular complexity index is 475. The summed E-state index contributed by atoms with van der Waals surface area (Å²) in [5.74, 6) is -2.56. The van der Waals surface area contributed by atoms with E-state index in [9.17, 15) is 13.6 Å². The van der Waals surface area contributed by atoms with E-state index >= 15 is 0 Å². The van der Waals surface area contributed by atoms with E-state index in [-0.39, 0.29) is 18.7 Å². The van der Waals surface area contributed by atoms with Gasteiger partial charge >= 0.3 is 0 Å². The Morgan fingerprint density at radius 1 is 1.58 bits per heavy atom. The van der Waals surface area contributed by atoms with E-state index in [2.05, 4.69) is 0 Å². The van der Waals surface area contributed by atoms with Crippen LogP contribution in [0.25, 0.3) is 0 Å². The molecule has 0 amide bonds. The number of alkyl halides is 2. The van der Waals surface area contributed by atoms with Gasteiger partial charge in [0.05, 0.1) is 6.54 Å². The fourth-order valence-electron chi connectivity index (χ4n) is 2.27. The lowest BCUT2D eigenvalue weighted by molar-refractivity contribution is 0.0122. The highest BCUT2D eigenvalue weighted by molar-refractivity contribution is 7.16. The third kappa shape index (κ3) is 3.97. The minimum absolute atomic E-state index is 0.000284. The number of carbonyl (C=O) groups is 1. The zero-order valence-corrected chi connectivity index (χ0v) is 12.3. The van der Waals surface area contributed by atoms with Crippen LogP contribution < -0.4 is 0 Å². The van der Waals surface area contributed by atoms with Crippen LogP contribution in [0.5, 0.6) is 0 Å². The topological polar surface area (TPSA) is 20.3 Å². The summed E-state index contributed by atoms with van der Waals surface area (Å²) < 4.78 is 26.5. The molecule has 1 fully saturated rings. The number of ketones is 1. The largest absolute Gasteiger partial charge is 0.297 e. The number of Topliss-reactive ketones (excluding diaryl/α,β-unsaturated/α-hetero) is 1. The van der Waals surface area contributed by atoms with Gasteiger partial charge in [0.25, 0.3) is 5.92 Å². The molecule has 0 spiro atoms. The summed E-state index contributed by atoms with van der Waals surface area (Å²) >= 11 is 7.36. The molecule has 0 atom stereocenters. The number of rotatable bonds is 5. The summed E-state index contributed by atoms with van der Waals surface area (Å²) in [7, 11) is 0. The van der Waals surface area contributed by atoms with Crippen molar-refractivity contribution >= 4 is 28.7 Å². The second-order valence-corrected chi connectivity index (χ2v) is 6.81. The molecule has 0 N–H and O–H groups in total. The molecule has 1 aromatic rings.